The predicted molar refractivity (Wildman–Crippen MR) is 537 cm³/mol. The zero-order valence-electron chi connectivity index (χ0n) is 78.0. The number of anilines is 3. The molecule has 15 rings (SSSR count). The number of pyridine rings is 9. The number of nitriles is 3. The lowest BCUT2D eigenvalue weighted by atomic mass is 10.0. The van der Waals surface area contributed by atoms with Crippen LogP contribution < -0.4 is 31.4 Å². The summed E-state index contributed by atoms with van der Waals surface area (Å²) in [7, 11) is 0. The Hall–Kier alpha value is -12.7. The minimum absolute atomic E-state index is 0.0114. The summed E-state index contributed by atoms with van der Waals surface area (Å²) in [5, 5.41) is 58.4. The van der Waals surface area contributed by atoms with Gasteiger partial charge in [-0.25, -0.2) is 28.1 Å². The van der Waals surface area contributed by atoms with Crippen molar-refractivity contribution >= 4 is 172 Å². The predicted octanol–water partition coefficient (Wildman–Crippen LogP) is 21.9. The molecule has 42 heteroatoms. The molecule has 3 N–H and O–H groups in total. The SMILES string of the molecule is C=CC(=O)N1[C@H](C)CN(c2c(C#N)c(=O)n(-c3c(C)ccnc3C(C)C)c3nc(-c4c(Cl)c(O)c(F)c(F)c4Cl)c(Cl)cc23)C[C@@H]1C.C=CC(=O)N1[C@H](C)CN(c2c(C#N)c(=O)n(-c3c(C)ccnc3C(C)C)c3nc(-c4c(Cl)c(O)c(F)c(F)c4Cl)c(Cl)cc23)C[C@@H]1C.C=CC(=O)N1[C@H](C)CN(c2c(C#N)c(=O)n(-c3c(C)ccnc3C(C)C)c3nc(-c4c(Cl)c(O)c(F)c(F)c4Cl)c(Cl)cc23)C[C@@H]1C. The van der Waals surface area contributed by atoms with Crippen molar-refractivity contribution in [1.29, 1.82) is 15.8 Å². The van der Waals surface area contributed by atoms with Crippen LogP contribution in [-0.4, -0.2) is 167 Å². The molecule has 27 nitrogen and oxygen atoms in total. The van der Waals surface area contributed by atoms with Crippen molar-refractivity contribution in [3.8, 4) is 86.3 Å². The van der Waals surface area contributed by atoms with Gasteiger partial charge < -0.3 is 44.7 Å². The van der Waals surface area contributed by atoms with Gasteiger partial charge in [0.05, 0.1) is 113 Å². The second-order valence-electron chi connectivity index (χ2n) is 35.1. The van der Waals surface area contributed by atoms with E-state index in [0.717, 1.165) is 0 Å². The molecule has 0 radical (unpaired) electrons. The first kappa shape index (κ1) is 106. The number of halogens is 15. The van der Waals surface area contributed by atoms with Gasteiger partial charge in [-0.05, 0) is 151 Å². The van der Waals surface area contributed by atoms with Crippen molar-refractivity contribution in [1.82, 2.24) is 58.3 Å². The quantitative estimate of drug-likeness (QED) is 0.0371. The van der Waals surface area contributed by atoms with Gasteiger partial charge in [0.1, 0.15) is 51.8 Å². The van der Waals surface area contributed by atoms with Gasteiger partial charge in [0.25, 0.3) is 16.7 Å². The summed E-state index contributed by atoms with van der Waals surface area (Å²) in [5.74, 6) is -14.5. The van der Waals surface area contributed by atoms with E-state index in [1.165, 1.54) is 50.1 Å². The number of hydrogen-bond acceptors (Lipinski definition) is 21. The number of hydrogen-bond donors (Lipinski definition) is 3. The number of nitrogens with zero attached hydrogens (tertiary/aromatic N) is 18. The molecular weight excluding hydrogens is 2020 g/mol. The summed E-state index contributed by atoms with van der Waals surface area (Å²) in [4.78, 5) is 120. The maximum absolute atomic E-state index is 14.8. The highest BCUT2D eigenvalue weighted by Crippen LogP contribution is 2.52. The van der Waals surface area contributed by atoms with Crippen LogP contribution in [0.1, 0.15) is 151 Å². The van der Waals surface area contributed by atoms with E-state index in [1.54, 1.807) is 72.3 Å². The summed E-state index contributed by atoms with van der Waals surface area (Å²) in [6.07, 6.45) is 8.52. The number of aromatic hydroxyl groups is 3. The van der Waals surface area contributed by atoms with Crippen LogP contribution in [0.2, 0.25) is 45.2 Å². The van der Waals surface area contributed by atoms with Crippen LogP contribution in [0.5, 0.6) is 17.2 Å². The first-order valence-electron chi connectivity index (χ1n) is 43.7. The Morgan fingerprint density at radius 3 is 0.787 bits per heavy atom. The Morgan fingerprint density at radius 1 is 0.383 bits per heavy atom. The average molecular weight is 2110 g/mol. The molecule has 0 saturated carbocycles. The fourth-order valence-electron chi connectivity index (χ4n) is 18.7. The number of aromatic nitrogens is 9. The van der Waals surface area contributed by atoms with E-state index in [0.29, 0.717) is 50.8 Å². The zero-order valence-corrected chi connectivity index (χ0v) is 84.8. The largest absolute Gasteiger partial charge is 0.504 e. The van der Waals surface area contributed by atoms with Gasteiger partial charge in [-0.2, -0.15) is 29.0 Å². The van der Waals surface area contributed by atoms with E-state index >= 15 is 0 Å². The first-order valence-corrected chi connectivity index (χ1v) is 47.1. The minimum atomic E-state index is -1.65. The van der Waals surface area contributed by atoms with Crippen molar-refractivity contribution in [2.75, 3.05) is 54.0 Å². The molecule has 0 bridgehead atoms. The molecule has 732 valence electrons. The number of amides is 3. The van der Waals surface area contributed by atoms with E-state index in [4.69, 9.17) is 119 Å². The lowest BCUT2D eigenvalue weighted by Crippen LogP contribution is -2.58. The number of benzene rings is 3. The van der Waals surface area contributed by atoms with Crippen molar-refractivity contribution < 1.29 is 56.0 Å². The molecule has 141 heavy (non-hydrogen) atoms. The molecule has 3 saturated heterocycles. The normalized spacial score (nSPS) is 16.6. The molecule has 0 spiro atoms. The van der Waals surface area contributed by atoms with E-state index in [9.17, 15) is 86.2 Å². The van der Waals surface area contributed by atoms with E-state index in [1.807, 2.05) is 97.8 Å². The molecule has 9 aromatic heterocycles. The molecule has 3 fully saturated rings. The highest BCUT2D eigenvalue weighted by Gasteiger charge is 2.42. The Balaban J connectivity index is 0.000000178. The minimum Gasteiger partial charge on any atom is -0.504 e. The molecule has 3 aliphatic rings. The number of phenols is 3. The van der Waals surface area contributed by atoms with Crippen LogP contribution in [-0.2, 0) is 14.4 Å². The van der Waals surface area contributed by atoms with Crippen molar-refractivity contribution in [3.05, 3.63) is 255 Å². The van der Waals surface area contributed by atoms with Crippen LogP contribution in [0.15, 0.2) is 107 Å². The lowest BCUT2D eigenvalue weighted by molar-refractivity contribution is -0.131. The molecule has 0 unspecified atom stereocenters. The smallest absolute Gasteiger partial charge is 0.276 e. The summed E-state index contributed by atoms with van der Waals surface area (Å²) in [5.41, 5.74) is 0.584. The summed E-state index contributed by atoms with van der Waals surface area (Å²) >= 11 is 57.9. The van der Waals surface area contributed by atoms with Gasteiger partial charge in [-0.1, -0.05) is 166 Å². The Morgan fingerprint density at radius 2 is 0.596 bits per heavy atom. The number of rotatable bonds is 15. The third-order valence-corrected chi connectivity index (χ3v) is 27.8. The highest BCUT2D eigenvalue weighted by molar-refractivity contribution is 6.44. The third kappa shape index (κ3) is 18.4. The van der Waals surface area contributed by atoms with Gasteiger partial charge in [0.2, 0.25) is 35.2 Å². The fourth-order valence-corrected chi connectivity index (χ4v) is 21.2. The van der Waals surface area contributed by atoms with Crippen LogP contribution in [0.4, 0.5) is 43.4 Å². The van der Waals surface area contributed by atoms with Gasteiger partial charge in [-0.3, -0.25) is 57.4 Å². The maximum atomic E-state index is 14.8. The van der Waals surface area contributed by atoms with E-state index < -0.39 is 116 Å². The number of fused-ring (bicyclic) bond motifs is 3. The zero-order chi connectivity index (χ0) is 104. The van der Waals surface area contributed by atoms with E-state index in [-0.39, 0.29) is 210 Å². The van der Waals surface area contributed by atoms with Gasteiger partial charge in [-0.15, -0.1) is 0 Å². The maximum Gasteiger partial charge on any atom is 0.276 e. The topological polar surface area (TPSA) is 346 Å². The number of aryl methyl sites for hydroxylation is 3. The second kappa shape index (κ2) is 41.5. The van der Waals surface area contributed by atoms with Crippen LogP contribution in [0.25, 0.3) is 83.9 Å². The Labute approximate surface area is 849 Å². The van der Waals surface area contributed by atoms with Crippen LogP contribution >= 0.6 is 104 Å². The lowest BCUT2D eigenvalue weighted by Gasteiger charge is -2.45. The van der Waals surface area contributed by atoms with Gasteiger partial charge >= 0.3 is 0 Å². The molecular formula is C99H87Cl9F6N18O9. The third-order valence-electron chi connectivity index (χ3n) is 24.8. The highest BCUT2D eigenvalue weighted by atomic mass is 35.5. The average Bonchev–Trinajstić information content (AvgIpc) is 0.725. The Bertz CT molecular complexity index is 6870. The van der Waals surface area contributed by atoms with Crippen LogP contribution in [0.3, 0.4) is 0 Å². The van der Waals surface area contributed by atoms with E-state index in [2.05, 4.69) is 52.9 Å². The Kier molecular flexibility index (Phi) is 31.0. The molecule has 12 heterocycles. The summed E-state index contributed by atoms with van der Waals surface area (Å²) < 4.78 is 91.3. The summed E-state index contributed by atoms with van der Waals surface area (Å²) in [6.45, 7) is 40.0. The number of piperazine rings is 3. The monoisotopic (exact) mass is 2100 g/mol. The fraction of sp³-hybridized carbons (Fsp3) is 0.303. The van der Waals surface area contributed by atoms with Crippen molar-refractivity contribution in [3.63, 3.8) is 0 Å². The second-order valence-corrected chi connectivity index (χ2v) is 38.6. The molecule has 3 amide bonds. The molecule has 0 aliphatic carbocycles. The molecule has 3 aromatic carbocycles. The van der Waals surface area contributed by atoms with Crippen molar-refractivity contribution in [2.45, 2.75) is 158 Å². The number of carbonyl (C=O) groups is 3. The number of phenolic OH excluding ortho intramolecular Hbond substituents is 3. The molecule has 12 aromatic rings. The number of carbonyl (C=O) groups excluding carboxylic acids is 3. The van der Waals surface area contributed by atoms with Gasteiger partial charge in [0, 0.05) is 127 Å². The molecule has 3 aliphatic heterocycles. The van der Waals surface area contributed by atoms with Crippen LogP contribution in [0, 0.1) is 89.7 Å². The first-order chi connectivity index (χ1) is 66.5. The van der Waals surface area contributed by atoms with Gasteiger partial charge in [0.15, 0.2) is 34.7 Å². The standard InChI is InChI=1S/3C33H29Cl3F2N6O3/c3*1-7-21(45)43-16(5)12-42(13-17(43)6)30-18-10-20(34)28(22-23(35)25(37)26(38)31(46)24(22)36)41-32(18)44(33(47)19(30)11-39)29-15(4)8-9-40-27(29)14(2)3/h3*7-10,14,16-17,46H,1,12-13H2,2-6H3/t3*16-,17+. The molecule has 6 atom stereocenters. The van der Waals surface area contributed by atoms with Crippen molar-refractivity contribution in [2.24, 2.45) is 0 Å². The summed E-state index contributed by atoms with van der Waals surface area (Å²) in [6, 6.07) is 13.6.